The number of sulfonamides is 1. The second kappa shape index (κ2) is 9.55. The number of hydrogen-bond donors (Lipinski definition) is 1. The summed E-state index contributed by atoms with van der Waals surface area (Å²) in [7, 11) is 2.82. The molecule has 1 fully saturated rings. The van der Waals surface area contributed by atoms with E-state index in [-0.39, 0.29) is 4.90 Å². The van der Waals surface area contributed by atoms with Crippen molar-refractivity contribution in [2.24, 2.45) is 0 Å². The average molecular weight is 438 g/mol. The summed E-state index contributed by atoms with van der Waals surface area (Å²) in [4.78, 5) is 1.56. The highest BCUT2D eigenvalue weighted by Crippen LogP contribution is 2.39. The lowest BCUT2D eigenvalue weighted by Gasteiger charge is -2.32. The van der Waals surface area contributed by atoms with E-state index in [0.29, 0.717) is 55.7 Å². The van der Waals surface area contributed by atoms with Crippen molar-refractivity contribution in [2.75, 3.05) is 54.6 Å². The maximum atomic E-state index is 12.9. The smallest absolute Gasteiger partial charge is 0.243 e. The van der Waals surface area contributed by atoms with Crippen LogP contribution in [0.1, 0.15) is 5.56 Å². The Morgan fingerprint density at radius 2 is 1.47 bits per heavy atom. The van der Waals surface area contributed by atoms with Crippen LogP contribution in [-0.2, 0) is 16.6 Å². The molecule has 30 heavy (non-hydrogen) atoms. The molecule has 1 aliphatic rings. The Morgan fingerprint density at radius 1 is 0.833 bits per heavy atom. The fourth-order valence-corrected chi connectivity index (χ4v) is 5.13. The number of quaternary nitrogens is 1. The van der Waals surface area contributed by atoms with Gasteiger partial charge in [0.1, 0.15) is 12.3 Å². The predicted molar refractivity (Wildman–Crippen MR) is 112 cm³/mol. The van der Waals surface area contributed by atoms with Crippen LogP contribution in [0.3, 0.4) is 0 Å². The molecule has 0 aliphatic carbocycles. The molecule has 3 rings (SSSR count). The van der Waals surface area contributed by atoms with Crippen LogP contribution in [0.25, 0.3) is 0 Å². The molecular weight excluding hydrogens is 408 g/mol. The van der Waals surface area contributed by atoms with Crippen LogP contribution in [-0.4, -0.2) is 67.3 Å². The predicted octanol–water partition coefficient (Wildman–Crippen LogP) is 0.810. The van der Waals surface area contributed by atoms with Crippen molar-refractivity contribution in [2.45, 2.75) is 11.4 Å². The zero-order chi connectivity index (χ0) is 21.7. The highest BCUT2D eigenvalue weighted by Gasteiger charge is 2.31. The number of methoxy groups -OCH3 is 4. The first-order valence-corrected chi connectivity index (χ1v) is 11.1. The Balaban J connectivity index is 1.68. The second-order valence-corrected chi connectivity index (χ2v) is 8.94. The van der Waals surface area contributed by atoms with E-state index in [4.69, 9.17) is 18.9 Å². The molecule has 8 nitrogen and oxygen atoms in total. The summed E-state index contributed by atoms with van der Waals surface area (Å²) in [5.74, 6) is 2.46. The third kappa shape index (κ3) is 4.48. The first-order valence-electron chi connectivity index (χ1n) is 9.70. The summed E-state index contributed by atoms with van der Waals surface area (Å²) >= 11 is 0. The van der Waals surface area contributed by atoms with E-state index in [2.05, 4.69) is 0 Å². The summed E-state index contributed by atoms with van der Waals surface area (Å²) in [6, 6.07) is 10.3. The van der Waals surface area contributed by atoms with Gasteiger partial charge >= 0.3 is 0 Å². The molecule has 0 amide bonds. The Bertz CT molecular complexity index is 954. The highest BCUT2D eigenvalue weighted by molar-refractivity contribution is 7.89. The second-order valence-electron chi connectivity index (χ2n) is 7.00. The maximum absolute atomic E-state index is 12.9. The van der Waals surface area contributed by atoms with E-state index < -0.39 is 10.0 Å². The van der Waals surface area contributed by atoms with E-state index in [1.165, 1.54) is 4.90 Å². The van der Waals surface area contributed by atoms with Crippen LogP contribution in [0.5, 0.6) is 23.0 Å². The monoisotopic (exact) mass is 437 g/mol. The molecular formula is C21H29N2O6S+. The summed E-state index contributed by atoms with van der Waals surface area (Å²) < 4.78 is 48.9. The lowest BCUT2D eigenvalue weighted by atomic mass is 10.1. The zero-order valence-electron chi connectivity index (χ0n) is 17.8. The number of hydrogen-bond acceptors (Lipinski definition) is 6. The van der Waals surface area contributed by atoms with Crippen molar-refractivity contribution < 1.29 is 32.3 Å². The van der Waals surface area contributed by atoms with Crippen molar-refractivity contribution in [3.63, 3.8) is 0 Å². The lowest BCUT2D eigenvalue weighted by Crippen LogP contribution is -3.13. The average Bonchev–Trinajstić information content (AvgIpc) is 2.79. The van der Waals surface area contributed by atoms with Crippen LogP contribution in [0.2, 0.25) is 0 Å². The molecule has 1 saturated heterocycles. The Labute approximate surface area is 178 Å². The summed E-state index contributed by atoms with van der Waals surface area (Å²) in [6.45, 7) is 3.03. The van der Waals surface area contributed by atoms with Gasteiger partial charge in [-0.1, -0.05) is 0 Å². The van der Waals surface area contributed by atoms with Crippen LogP contribution < -0.4 is 23.8 Å². The number of ether oxygens (including phenoxy) is 4. The molecule has 0 radical (unpaired) electrons. The van der Waals surface area contributed by atoms with Crippen molar-refractivity contribution in [3.05, 3.63) is 42.0 Å². The van der Waals surface area contributed by atoms with E-state index in [1.54, 1.807) is 57.0 Å². The van der Waals surface area contributed by atoms with Gasteiger partial charge in [0, 0.05) is 0 Å². The van der Waals surface area contributed by atoms with Gasteiger partial charge in [-0.05, 0) is 36.4 Å². The molecule has 0 aromatic heterocycles. The van der Waals surface area contributed by atoms with Crippen LogP contribution in [0.15, 0.2) is 41.3 Å². The van der Waals surface area contributed by atoms with E-state index in [9.17, 15) is 8.42 Å². The number of benzene rings is 2. The van der Waals surface area contributed by atoms with E-state index in [0.717, 1.165) is 5.56 Å². The van der Waals surface area contributed by atoms with Gasteiger partial charge in [0.15, 0.2) is 11.5 Å². The fraction of sp³-hybridized carbons (Fsp3) is 0.429. The van der Waals surface area contributed by atoms with Crippen molar-refractivity contribution in [1.29, 1.82) is 0 Å². The zero-order valence-corrected chi connectivity index (χ0v) is 18.6. The molecule has 164 valence electrons. The molecule has 9 heteroatoms. The van der Waals surface area contributed by atoms with Gasteiger partial charge in [-0.25, -0.2) is 8.42 Å². The molecule has 1 aliphatic heterocycles. The van der Waals surface area contributed by atoms with Gasteiger partial charge in [-0.3, -0.25) is 0 Å². The summed E-state index contributed by atoms with van der Waals surface area (Å²) in [6.07, 6.45) is 0. The molecule has 0 bridgehead atoms. The first kappa shape index (κ1) is 22.2. The van der Waals surface area contributed by atoms with Gasteiger partial charge in [0.2, 0.25) is 15.8 Å². The Hall–Kier alpha value is -2.49. The molecule has 2 aromatic rings. The normalized spacial score (nSPS) is 15.6. The van der Waals surface area contributed by atoms with Crippen LogP contribution >= 0.6 is 0 Å². The number of rotatable bonds is 8. The standard InChI is InChI=1S/C21H28N2O6S/c1-26-17-6-8-18(9-7-17)30(24,25)23-13-11-22(12-14-23)15-16-5-10-19(27-2)21(29-4)20(16)28-3/h5-10H,11-15H2,1-4H3/p+1. The van der Waals surface area contributed by atoms with Gasteiger partial charge in [-0.2, -0.15) is 4.31 Å². The molecule has 1 N–H and O–H groups in total. The maximum Gasteiger partial charge on any atom is 0.243 e. The summed E-state index contributed by atoms with van der Waals surface area (Å²) in [5, 5.41) is 0. The van der Waals surface area contributed by atoms with Gasteiger partial charge < -0.3 is 23.8 Å². The Morgan fingerprint density at radius 3 is 2.00 bits per heavy atom. The van der Waals surface area contributed by atoms with Gasteiger partial charge in [-0.15, -0.1) is 0 Å². The molecule has 0 saturated carbocycles. The van der Waals surface area contributed by atoms with Crippen molar-refractivity contribution >= 4 is 10.0 Å². The SMILES string of the molecule is COc1ccc(S(=O)(=O)N2CC[NH+](Cc3ccc(OC)c(OC)c3OC)CC2)cc1. The number of piperazine rings is 1. The molecule has 0 atom stereocenters. The first-order chi connectivity index (χ1) is 14.4. The van der Waals surface area contributed by atoms with E-state index >= 15 is 0 Å². The topological polar surface area (TPSA) is 78.7 Å². The van der Waals surface area contributed by atoms with Crippen LogP contribution in [0.4, 0.5) is 0 Å². The largest absolute Gasteiger partial charge is 0.497 e. The number of nitrogens with zero attached hydrogens (tertiary/aromatic N) is 1. The number of nitrogens with one attached hydrogen (secondary N) is 1. The van der Waals surface area contributed by atoms with Gasteiger partial charge in [0.05, 0.1) is 65.1 Å². The third-order valence-corrected chi connectivity index (χ3v) is 7.27. The van der Waals surface area contributed by atoms with Crippen LogP contribution in [0, 0.1) is 0 Å². The minimum atomic E-state index is -3.51. The summed E-state index contributed by atoms with van der Waals surface area (Å²) in [5.41, 5.74) is 0.997. The molecule has 0 unspecified atom stereocenters. The van der Waals surface area contributed by atoms with Gasteiger partial charge in [0.25, 0.3) is 0 Å². The minimum absolute atomic E-state index is 0.285. The quantitative estimate of drug-likeness (QED) is 0.659. The lowest BCUT2D eigenvalue weighted by molar-refractivity contribution is -0.917. The highest BCUT2D eigenvalue weighted by atomic mass is 32.2. The molecule has 0 spiro atoms. The van der Waals surface area contributed by atoms with Crippen molar-refractivity contribution in [1.82, 2.24) is 4.31 Å². The third-order valence-electron chi connectivity index (χ3n) is 5.35. The molecule has 2 aromatic carbocycles. The molecule has 1 heterocycles. The fourth-order valence-electron chi connectivity index (χ4n) is 3.69. The van der Waals surface area contributed by atoms with E-state index in [1.807, 2.05) is 12.1 Å². The minimum Gasteiger partial charge on any atom is -0.497 e. The van der Waals surface area contributed by atoms with Crippen molar-refractivity contribution in [3.8, 4) is 23.0 Å². The Kier molecular flexibility index (Phi) is 7.06.